The number of nitrogens with zero attached hydrogens (tertiary/aromatic N) is 4. The molecular weight excluding hydrogens is 316 g/mol. The zero-order valence-electron chi connectivity index (χ0n) is 15.6. The lowest BCUT2D eigenvalue weighted by Crippen LogP contribution is -2.47. The number of ether oxygens (including phenoxy) is 1. The van der Waals surface area contributed by atoms with E-state index in [9.17, 15) is 0 Å². The fraction of sp³-hybridized carbons (Fsp3) is 0.833. The Balaban J connectivity index is 1.40. The minimum atomic E-state index is 0.339. The number of aliphatic imine (C=N–C) groups is 1. The summed E-state index contributed by atoms with van der Waals surface area (Å²) in [7, 11) is 3.51. The molecule has 1 fully saturated rings. The van der Waals surface area contributed by atoms with Gasteiger partial charge >= 0.3 is 0 Å². The predicted molar refractivity (Wildman–Crippen MR) is 98.5 cm³/mol. The van der Waals surface area contributed by atoms with E-state index in [2.05, 4.69) is 25.7 Å². The van der Waals surface area contributed by atoms with Gasteiger partial charge in [0.05, 0.1) is 6.54 Å². The van der Waals surface area contributed by atoms with Gasteiger partial charge in [0.1, 0.15) is 12.4 Å². The highest BCUT2D eigenvalue weighted by atomic mass is 16.5. The van der Waals surface area contributed by atoms with E-state index in [1.165, 1.54) is 38.5 Å². The topological polar surface area (TPSA) is 76.4 Å². The molecule has 0 bridgehead atoms. The maximum Gasteiger partial charge on any atom is 0.191 e. The Morgan fingerprint density at radius 1 is 1.32 bits per heavy atom. The number of aryl methyl sites for hydroxylation is 1. The lowest BCUT2D eigenvalue weighted by molar-refractivity contribution is 0.177. The van der Waals surface area contributed by atoms with Crippen LogP contribution in [0.4, 0.5) is 0 Å². The number of guanidine groups is 1. The second-order valence-corrected chi connectivity index (χ2v) is 7.23. The summed E-state index contributed by atoms with van der Waals surface area (Å²) in [6.07, 6.45) is 10.3. The maximum atomic E-state index is 5.12. The number of aromatic nitrogens is 3. The van der Waals surface area contributed by atoms with E-state index >= 15 is 0 Å². The van der Waals surface area contributed by atoms with Gasteiger partial charge in [-0.2, -0.15) is 5.10 Å². The molecule has 2 aliphatic rings. The van der Waals surface area contributed by atoms with Gasteiger partial charge in [-0.3, -0.25) is 4.99 Å². The van der Waals surface area contributed by atoms with Gasteiger partial charge in [0.25, 0.3) is 0 Å². The maximum absolute atomic E-state index is 5.12. The highest BCUT2D eigenvalue weighted by molar-refractivity contribution is 5.79. The third-order valence-corrected chi connectivity index (χ3v) is 5.30. The Kier molecular flexibility index (Phi) is 6.67. The molecule has 0 radical (unpaired) electrons. The zero-order valence-corrected chi connectivity index (χ0v) is 15.6. The third kappa shape index (κ3) is 5.17. The zero-order chi connectivity index (χ0) is 17.5. The molecule has 1 aliphatic heterocycles. The van der Waals surface area contributed by atoms with E-state index in [4.69, 9.17) is 4.74 Å². The minimum Gasteiger partial charge on any atom is -0.377 e. The van der Waals surface area contributed by atoms with Crippen LogP contribution in [0.25, 0.3) is 0 Å². The highest BCUT2D eigenvalue weighted by Crippen LogP contribution is 2.28. The van der Waals surface area contributed by atoms with Crippen molar-refractivity contribution in [2.24, 2.45) is 10.9 Å². The van der Waals surface area contributed by atoms with Crippen molar-refractivity contribution in [1.82, 2.24) is 25.4 Å². The summed E-state index contributed by atoms with van der Waals surface area (Å²) in [6.45, 7) is 2.30. The van der Waals surface area contributed by atoms with Gasteiger partial charge in [-0.1, -0.05) is 25.7 Å². The quantitative estimate of drug-likeness (QED) is 0.447. The molecule has 1 unspecified atom stereocenters. The Morgan fingerprint density at radius 2 is 2.16 bits per heavy atom. The summed E-state index contributed by atoms with van der Waals surface area (Å²) in [5.41, 5.74) is 0. The number of hydrogen-bond donors (Lipinski definition) is 2. The first-order chi connectivity index (χ1) is 12.3. The molecule has 0 saturated heterocycles. The van der Waals surface area contributed by atoms with Crippen molar-refractivity contribution in [2.75, 3.05) is 20.7 Å². The molecule has 2 heterocycles. The average molecular weight is 348 g/mol. The third-order valence-electron chi connectivity index (χ3n) is 5.30. The molecule has 1 aliphatic carbocycles. The van der Waals surface area contributed by atoms with Gasteiger partial charge < -0.3 is 15.4 Å². The number of methoxy groups -OCH3 is 1. The summed E-state index contributed by atoms with van der Waals surface area (Å²) in [4.78, 5) is 8.90. The van der Waals surface area contributed by atoms with E-state index in [1.54, 1.807) is 7.11 Å². The normalized spacial score (nSPS) is 21.4. The highest BCUT2D eigenvalue weighted by Gasteiger charge is 2.22. The van der Waals surface area contributed by atoms with Crippen molar-refractivity contribution in [3.63, 3.8) is 0 Å². The number of rotatable bonds is 7. The van der Waals surface area contributed by atoms with Crippen LogP contribution in [0.3, 0.4) is 0 Å². The van der Waals surface area contributed by atoms with Crippen molar-refractivity contribution >= 4 is 5.96 Å². The predicted octanol–water partition coefficient (Wildman–Crippen LogP) is 1.87. The van der Waals surface area contributed by atoms with Crippen molar-refractivity contribution in [2.45, 2.75) is 70.6 Å². The van der Waals surface area contributed by atoms with Crippen LogP contribution in [0, 0.1) is 5.92 Å². The van der Waals surface area contributed by atoms with Crippen molar-refractivity contribution < 1.29 is 4.74 Å². The van der Waals surface area contributed by atoms with Gasteiger partial charge in [0.15, 0.2) is 11.8 Å². The lowest BCUT2D eigenvalue weighted by Gasteiger charge is -2.25. The largest absolute Gasteiger partial charge is 0.377 e. The molecule has 1 saturated carbocycles. The molecule has 7 nitrogen and oxygen atoms in total. The van der Waals surface area contributed by atoms with Crippen LogP contribution in [-0.2, 0) is 24.3 Å². The molecule has 25 heavy (non-hydrogen) atoms. The second kappa shape index (κ2) is 9.17. The van der Waals surface area contributed by atoms with Gasteiger partial charge in [0, 0.05) is 33.2 Å². The molecule has 1 atom stereocenters. The molecule has 1 aromatic rings. The van der Waals surface area contributed by atoms with Crippen LogP contribution in [-0.4, -0.2) is 47.5 Å². The summed E-state index contributed by atoms with van der Waals surface area (Å²) in [6, 6.07) is 0.339. The van der Waals surface area contributed by atoms with Crippen LogP contribution in [0.2, 0.25) is 0 Å². The summed E-state index contributed by atoms with van der Waals surface area (Å²) in [5, 5.41) is 11.5. The Morgan fingerprint density at radius 3 is 2.92 bits per heavy atom. The monoisotopic (exact) mass is 348 g/mol. The molecule has 0 spiro atoms. The Bertz CT molecular complexity index is 564. The molecule has 0 aromatic carbocycles. The fourth-order valence-electron chi connectivity index (χ4n) is 3.95. The van der Waals surface area contributed by atoms with Crippen molar-refractivity contribution in [1.29, 1.82) is 0 Å². The molecule has 3 rings (SSSR count). The van der Waals surface area contributed by atoms with Gasteiger partial charge in [0.2, 0.25) is 0 Å². The number of hydrogen-bond acceptors (Lipinski definition) is 4. The van der Waals surface area contributed by atoms with Gasteiger partial charge in [-0.15, -0.1) is 0 Å². The molecule has 0 amide bonds. The van der Waals surface area contributed by atoms with Gasteiger partial charge in [-0.25, -0.2) is 9.67 Å². The second-order valence-electron chi connectivity index (χ2n) is 7.23. The van der Waals surface area contributed by atoms with E-state index in [-0.39, 0.29) is 0 Å². The van der Waals surface area contributed by atoms with Crippen LogP contribution >= 0.6 is 0 Å². The molecule has 2 N–H and O–H groups in total. The first kappa shape index (κ1) is 18.2. The van der Waals surface area contributed by atoms with Crippen LogP contribution in [0.5, 0.6) is 0 Å². The minimum absolute atomic E-state index is 0.339. The van der Waals surface area contributed by atoms with Crippen molar-refractivity contribution in [3.05, 3.63) is 11.6 Å². The SMILES string of the molecule is CN=C(NCCCC1CCCC1)NC1CCc2nc(COC)nn2C1. The van der Waals surface area contributed by atoms with Crippen molar-refractivity contribution in [3.8, 4) is 0 Å². The summed E-state index contributed by atoms with van der Waals surface area (Å²) in [5.74, 6) is 3.69. The van der Waals surface area contributed by atoms with Crippen LogP contribution in [0.1, 0.15) is 56.6 Å². The van der Waals surface area contributed by atoms with Crippen LogP contribution in [0.15, 0.2) is 4.99 Å². The molecular formula is C18H32N6O. The summed E-state index contributed by atoms with van der Waals surface area (Å²) < 4.78 is 7.13. The smallest absolute Gasteiger partial charge is 0.191 e. The first-order valence-electron chi connectivity index (χ1n) is 9.67. The number of nitrogens with one attached hydrogen (secondary N) is 2. The van der Waals surface area contributed by atoms with E-state index in [1.807, 2.05) is 11.7 Å². The molecule has 7 heteroatoms. The van der Waals surface area contributed by atoms with E-state index in [0.29, 0.717) is 12.6 Å². The first-order valence-corrected chi connectivity index (χ1v) is 9.67. The van der Waals surface area contributed by atoms with Gasteiger partial charge in [-0.05, 0) is 25.2 Å². The summed E-state index contributed by atoms with van der Waals surface area (Å²) >= 11 is 0. The van der Waals surface area contributed by atoms with E-state index in [0.717, 1.165) is 49.5 Å². The Hall–Kier alpha value is -1.63. The van der Waals surface area contributed by atoms with E-state index < -0.39 is 0 Å². The molecule has 140 valence electrons. The average Bonchev–Trinajstić information content (AvgIpc) is 3.26. The van der Waals surface area contributed by atoms with Crippen LogP contribution < -0.4 is 10.6 Å². The standard InChI is InChI=1S/C18H32N6O/c1-19-18(20-11-5-8-14-6-3-4-7-14)21-15-9-10-17-22-16(13-25-2)23-24(17)12-15/h14-15H,3-13H2,1-2H3,(H2,19,20,21). The molecule has 1 aromatic heterocycles. The lowest BCUT2D eigenvalue weighted by atomic mass is 10.0. The Labute approximate surface area is 150 Å². The fourth-order valence-corrected chi connectivity index (χ4v) is 3.95. The number of fused-ring (bicyclic) bond motifs is 1.